The van der Waals surface area contributed by atoms with Crippen LogP contribution in [0.1, 0.15) is 24.6 Å². The molecule has 3 aromatic rings. The third kappa shape index (κ3) is 4.38. The molecule has 1 atom stereocenters. The normalized spacial score (nSPS) is 11.9. The topological polar surface area (TPSA) is 112 Å². The van der Waals surface area contributed by atoms with Crippen LogP contribution in [0.25, 0.3) is 10.8 Å². The number of aromatic nitrogens is 2. The first-order valence-electron chi connectivity index (χ1n) is 8.52. The molecule has 7 heteroatoms. The lowest BCUT2D eigenvalue weighted by Crippen LogP contribution is -2.20. The van der Waals surface area contributed by atoms with Gasteiger partial charge in [0.2, 0.25) is 5.91 Å². The van der Waals surface area contributed by atoms with E-state index in [1.165, 1.54) is 6.92 Å². The second-order valence-electron chi connectivity index (χ2n) is 6.41. The predicted molar refractivity (Wildman–Crippen MR) is 102 cm³/mol. The molecule has 7 nitrogen and oxygen atoms in total. The third-order valence-electron chi connectivity index (χ3n) is 4.27. The van der Waals surface area contributed by atoms with Gasteiger partial charge in [-0.2, -0.15) is 5.10 Å². The van der Waals surface area contributed by atoms with Crippen LogP contribution in [0.3, 0.4) is 0 Å². The van der Waals surface area contributed by atoms with E-state index in [-0.39, 0.29) is 17.9 Å². The van der Waals surface area contributed by atoms with E-state index in [4.69, 9.17) is 5.11 Å². The molecule has 1 heterocycles. The molecule has 3 rings (SSSR count). The average Bonchev–Trinajstić information content (AvgIpc) is 2.64. The van der Waals surface area contributed by atoms with Crippen LogP contribution in [0.5, 0.6) is 0 Å². The number of carboxylic acids is 1. The third-order valence-corrected chi connectivity index (χ3v) is 4.27. The van der Waals surface area contributed by atoms with Gasteiger partial charge < -0.3 is 10.4 Å². The van der Waals surface area contributed by atoms with E-state index in [2.05, 4.69) is 15.5 Å². The van der Waals surface area contributed by atoms with Crippen molar-refractivity contribution >= 4 is 28.3 Å². The Labute approximate surface area is 155 Å². The van der Waals surface area contributed by atoms with E-state index in [9.17, 15) is 14.4 Å². The summed E-state index contributed by atoms with van der Waals surface area (Å²) in [6.45, 7) is 1.49. The molecule has 138 valence electrons. The van der Waals surface area contributed by atoms with E-state index >= 15 is 0 Å². The lowest BCUT2D eigenvalue weighted by Gasteiger charge is -2.10. The number of aromatic amines is 1. The highest BCUT2D eigenvalue weighted by atomic mass is 16.4. The first-order valence-corrected chi connectivity index (χ1v) is 8.52. The molecule has 1 aromatic heterocycles. The number of fused-ring (bicyclic) bond motifs is 1. The summed E-state index contributed by atoms with van der Waals surface area (Å²) in [4.78, 5) is 34.7. The summed E-state index contributed by atoms with van der Waals surface area (Å²) in [6.07, 6.45) is 0.387. The fourth-order valence-electron chi connectivity index (χ4n) is 2.84. The van der Waals surface area contributed by atoms with Crippen LogP contribution in [0, 0.1) is 5.92 Å². The lowest BCUT2D eigenvalue weighted by atomic mass is 10.0. The molecule has 0 aliphatic heterocycles. The van der Waals surface area contributed by atoms with Gasteiger partial charge in [0.25, 0.3) is 5.56 Å². The first kappa shape index (κ1) is 18.3. The molecule has 3 N–H and O–H groups in total. The Morgan fingerprint density at radius 2 is 1.89 bits per heavy atom. The number of benzene rings is 2. The molecule has 0 saturated heterocycles. The minimum absolute atomic E-state index is 0.0916. The summed E-state index contributed by atoms with van der Waals surface area (Å²) >= 11 is 0. The van der Waals surface area contributed by atoms with Gasteiger partial charge in [-0.1, -0.05) is 37.3 Å². The quantitative estimate of drug-likeness (QED) is 0.621. The Hall–Kier alpha value is -3.48. The zero-order valence-electron chi connectivity index (χ0n) is 14.7. The van der Waals surface area contributed by atoms with Gasteiger partial charge in [-0.05, 0) is 23.8 Å². The zero-order chi connectivity index (χ0) is 19.4. The first-order chi connectivity index (χ1) is 12.9. The summed E-state index contributed by atoms with van der Waals surface area (Å²) in [5, 5.41) is 19.7. The van der Waals surface area contributed by atoms with Crippen molar-refractivity contribution < 1.29 is 14.7 Å². The molecule has 0 spiro atoms. The molecular formula is C20H19N3O4. The number of hydrogen-bond acceptors (Lipinski definition) is 4. The highest BCUT2D eigenvalue weighted by Crippen LogP contribution is 2.19. The van der Waals surface area contributed by atoms with Gasteiger partial charge in [0.15, 0.2) is 0 Å². The zero-order valence-corrected chi connectivity index (χ0v) is 14.7. The van der Waals surface area contributed by atoms with Crippen molar-refractivity contribution in [2.45, 2.75) is 19.8 Å². The maximum atomic E-state index is 12.0. The minimum Gasteiger partial charge on any atom is -0.481 e. The number of carbonyl (C=O) groups excluding carboxylic acids is 1. The molecule has 0 bridgehead atoms. The van der Waals surface area contributed by atoms with Gasteiger partial charge in [-0.3, -0.25) is 14.4 Å². The highest BCUT2D eigenvalue weighted by molar-refractivity contribution is 5.93. The molecule has 1 unspecified atom stereocenters. The van der Waals surface area contributed by atoms with Gasteiger partial charge in [-0.25, -0.2) is 5.10 Å². The van der Waals surface area contributed by atoms with E-state index in [0.717, 1.165) is 16.6 Å². The van der Waals surface area contributed by atoms with Gasteiger partial charge in [0.1, 0.15) is 0 Å². The van der Waals surface area contributed by atoms with Gasteiger partial charge in [0.05, 0.1) is 17.0 Å². The van der Waals surface area contributed by atoms with E-state index in [1.54, 1.807) is 24.3 Å². The van der Waals surface area contributed by atoms with Crippen molar-refractivity contribution in [3.8, 4) is 0 Å². The van der Waals surface area contributed by atoms with Crippen molar-refractivity contribution in [3.63, 3.8) is 0 Å². The fraction of sp³-hybridized carbons (Fsp3) is 0.200. The summed E-state index contributed by atoms with van der Waals surface area (Å²) in [5.74, 6) is -2.10. The number of rotatable bonds is 6. The maximum Gasteiger partial charge on any atom is 0.306 e. The van der Waals surface area contributed by atoms with Crippen molar-refractivity contribution in [3.05, 3.63) is 70.1 Å². The molecular weight excluding hydrogens is 346 g/mol. The Bertz CT molecular complexity index is 1060. The number of anilines is 1. The Kier molecular flexibility index (Phi) is 5.30. The van der Waals surface area contributed by atoms with Crippen LogP contribution >= 0.6 is 0 Å². The molecule has 0 radical (unpaired) electrons. The Morgan fingerprint density at radius 1 is 1.15 bits per heavy atom. The van der Waals surface area contributed by atoms with E-state index < -0.39 is 11.9 Å². The molecule has 2 aromatic carbocycles. The summed E-state index contributed by atoms with van der Waals surface area (Å²) < 4.78 is 0. The van der Waals surface area contributed by atoms with Crippen LogP contribution in [0.2, 0.25) is 0 Å². The number of aliphatic carboxylic acids is 1. The number of carbonyl (C=O) groups is 2. The molecule has 27 heavy (non-hydrogen) atoms. The van der Waals surface area contributed by atoms with Gasteiger partial charge >= 0.3 is 5.97 Å². The van der Waals surface area contributed by atoms with Crippen LogP contribution in [0.15, 0.2) is 53.3 Å². The largest absolute Gasteiger partial charge is 0.481 e. The summed E-state index contributed by atoms with van der Waals surface area (Å²) in [7, 11) is 0. The van der Waals surface area contributed by atoms with Crippen LogP contribution in [-0.4, -0.2) is 27.2 Å². The van der Waals surface area contributed by atoms with Crippen molar-refractivity contribution in [2.75, 3.05) is 5.32 Å². The lowest BCUT2D eigenvalue weighted by molar-refractivity contribution is -0.142. The Balaban J connectivity index is 1.79. The van der Waals surface area contributed by atoms with E-state index in [1.807, 2.05) is 24.3 Å². The fourth-order valence-corrected chi connectivity index (χ4v) is 2.84. The SMILES string of the molecule is CC(CC(=O)Nc1cccc(Cc2n[nH]c(=O)c3ccccc23)c1)C(=O)O. The van der Waals surface area contributed by atoms with Crippen molar-refractivity contribution in [2.24, 2.45) is 5.92 Å². The molecule has 0 fully saturated rings. The minimum atomic E-state index is -1.00. The number of H-pyrrole nitrogens is 1. The molecule has 0 aliphatic carbocycles. The molecule has 0 aliphatic rings. The van der Waals surface area contributed by atoms with Crippen molar-refractivity contribution in [1.29, 1.82) is 0 Å². The van der Waals surface area contributed by atoms with Crippen molar-refractivity contribution in [1.82, 2.24) is 10.2 Å². The van der Waals surface area contributed by atoms with Crippen LogP contribution < -0.4 is 10.9 Å². The standard InChI is InChI=1S/C20H19N3O4/c1-12(20(26)27)9-18(24)21-14-6-4-5-13(10-14)11-17-15-7-2-3-8-16(15)19(25)23-22-17/h2-8,10,12H,9,11H2,1H3,(H,21,24)(H,23,25)(H,26,27). The number of nitrogens with zero attached hydrogens (tertiary/aromatic N) is 1. The smallest absolute Gasteiger partial charge is 0.306 e. The van der Waals surface area contributed by atoms with Gasteiger partial charge in [0, 0.05) is 23.9 Å². The van der Waals surface area contributed by atoms with Crippen LogP contribution in [-0.2, 0) is 16.0 Å². The number of hydrogen-bond donors (Lipinski definition) is 3. The van der Waals surface area contributed by atoms with Gasteiger partial charge in [-0.15, -0.1) is 0 Å². The number of nitrogens with one attached hydrogen (secondary N) is 2. The highest BCUT2D eigenvalue weighted by Gasteiger charge is 2.16. The summed E-state index contributed by atoms with van der Waals surface area (Å²) in [6, 6.07) is 14.5. The summed E-state index contributed by atoms with van der Waals surface area (Å²) in [5.41, 5.74) is 1.99. The van der Waals surface area contributed by atoms with Crippen LogP contribution in [0.4, 0.5) is 5.69 Å². The number of carboxylic acid groups (broad SMARTS) is 1. The second kappa shape index (κ2) is 7.82. The molecule has 0 saturated carbocycles. The average molecular weight is 365 g/mol. The monoisotopic (exact) mass is 365 g/mol. The predicted octanol–water partition coefficient (Wildman–Crippen LogP) is 2.56. The second-order valence-corrected chi connectivity index (χ2v) is 6.41. The van der Waals surface area contributed by atoms with E-state index in [0.29, 0.717) is 17.5 Å². The maximum absolute atomic E-state index is 12.0. The molecule has 1 amide bonds. The number of amides is 1. The Morgan fingerprint density at radius 3 is 2.63 bits per heavy atom.